The monoisotopic (exact) mass is 438 g/mol. The Labute approximate surface area is 188 Å². The Hall–Kier alpha value is -3.35. The smallest absolute Gasteiger partial charge is 0.407 e. The van der Waals surface area contributed by atoms with Crippen LogP contribution in [0.3, 0.4) is 0 Å². The average molecular weight is 439 g/mol. The van der Waals surface area contributed by atoms with Crippen LogP contribution in [0.25, 0.3) is 11.1 Å². The zero-order valence-electron chi connectivity index (χ0n) is 18.6. The van der Waals surface area contributed by atoms with Gasteiger partial charge < -0.3 is 20.5 Å². The summed E-state index contributed by atoms with van der Waals surface area (Å²) in [5.41, 5.74) is 4.58. The van der Waals surface area contributed by atoms with E-state index in [1.54, 1.807) is 0 Å². The summed E-state index contributed by atoms with van der Waals surface area (Å²) >= 11 is 0. The van der Waals surface area contributed by atoms with Crippen LogP contribution in [-0.4, -0.2) is 42.3 Å². The lowest BCUT2D eigenvalue weighted by Gasteiger charge is -2.23. The van der Waals surface area contributed by atoms with Crippen LogP contribution in [0.15, 0.2) is 48.5 Å². The number of alkyl carbamates (subject to hydrolysis) is 1. The molecule has 0 spiro atoms. The van der Waals surface area contributed by atoms with Crippen LogP contribution in [0.4, 0.5) is 4.79 Å². The average Bonchev–Trinajstić information content (AvgIpc) is 3.09. The van der Waals surface area contributed by atoms with Crippen molar-refractivity contribution < 1.29 is 24.2 Å². The number of aliphatic carboxylic acids is 1. The van der Waals surface area contributed by atoms with Gasteiger partial charge in [-0.3, -0.25) is 9.59 Å². The van der Waals surface area contributed by atoms with E-state index in [9.17, 15) is 14.4 Å². The van der Waals surface area contributed by atoms with Crippen molar-refractivity contribution in [2.75, 3.05) is 13.2 Å². The standard InChI is InChI=1S/C25H30N2O5/c1-15(2)22(12-23(28)26-13-16(3)24(29)30)27-25(31)32-14-21-19-10-6-4-8-17(19)18-9-5-7-11-20(18)21/h4-11,15-16,21-22H,12-14H2,1-3H3,(H,26,28)(H,27,31)(H,29,30)/t16?,22-/m0/s1. The maximum atomic E-state index is 12.5. The third-order valence-electron chi connectivity index (χ3n) is 5.88. The van der Waals surface area contributed by atoms with Gasteiger partial charge in [0.05, 0.1) is 5.92 Å². The molecule has 0 bridgehead atoms. The second kappa shape index (κ2) is 10.3. The van der Waals surface area contributed by atoms with E-state index >= 15 is 0 Å². The molecule has 1 aliphatic rings. The Morgan fingerprint density at radius 1 is 0.969 bits per heavy atom. The molecular weight excluding hydrogens is 408 g/mol. The first-order valence-electron chi connectivity index (χ1n) is 10.9. The Morgan fingerprint density at radius 2 is 1.53 bits per heavy atom. The van der Waals surface area contributed by atoms with Crippen molar-refractivity contribution in [1.82, 2.24) is 10.6 Å². The van der Waals surface area contributed by atoms with Gasteiger partial charge in [0, 0.05) is 24.9 Å². The Kier molecular flexibility index (Phi) is 7.51. The topological polar surface area (TPSA) is 105 Å². The van der Waals surface area contributed by atoms with Gasteiger partial charge in [-0.25, -0.2) is 4.79 Å². The number of fused-ring (bicyclic) bond motifs is 3. The largest absolute Gasteiger partial charge is 0.481 e. The van der Waals surface area contributed by atoms with Gasteiger partial charge in [0.25, 0.3) is 0 Å². The predicted octanol–water partition coefficient (Wildman–Crippen LogP) is 3.78. The molecule has 0 radical (unpaired) electrons. The van der Waals surface area contributed by atoms with Crippen LogP contribution < -0.4 is 10.6 Å². The minimum atomic E-state index is -0.970. The molecule has 0 heterocycles. The summed E-state index contributed by atoms with van der Waals surface area (Å²) in [6.07, 6.45) is -0.522. The summed E-state index contributed by atoms with van der Waals surface area (Å²) in [5, 5.41) is 14.3. The maximum absolute atomic E-state index is 12.5. The van der Waals surface area contributed by atoms with Gasteiger partial charge in [0.15, 0.2) is 0 Å². The minimum Gasteiger partial charge on any atom is -0.481 e. The number of carboxylic acid groups (broad SMARTS) is 1. The Bertz CT molecular complexity index is 942. The highest BCUT2D eigenvalue weighted by Gasteiger charge is 2.29. The van der Waals surface area contributed by atoms with Crippen molar-refractivity contribution in [3.8, 4) is 11.1 Å². The highest BCUT2D eigenvalue weighted by molar-refractivity contribution is 5.80. The lowest BCUT2D eigenvalue weighted by atomic mass is 9.98. The quantitative estimate of drug-likeness (QED) is 0.553. The molecule has 7 heteroatoms. The zero-order chi connectivity index (χ0) is 23.3. The molecule has 1 unspecified atom stereocenters. The fraction of sp³-hybridized carbons (Fsp3) is 0.400. The lowest BCUT2D eigenvalue weighted by Crippen LogP contribution is -2.43. The Balaban J connectivity index is 1.57. The predicted molar refractivity (Wildman–Crippen MR) is 121 cm³/mol. The van der Waals surface area contributed by atoms with E-state index in [4.69, 9.17) is 9.84 Å². The fourth-order valence-electron chi connectivity index (χ4n) is 3.87. The van der Waals surface area contributed by atoms with E-state index in [-0.39, 0.29) is 37.3 Å². The van der Waals surface area contributed by atoms with Crippen molar-refractivity contribution >= 4 is 18.0 Å². The van der Waals surface area contributed by atoms with Gasteiger partial charge in [-0.15, -0.1) is 0 Å². The summed E-state index contributed by atoms with van der Waals surface area (Å²) in [4.78, 5) is 35.6. The molecule has 2 aromatic carbocycles. The third kappa shape index (κ3) is 5.46. The van der Waals surface area contributed by atoms with Gasteiger partial charge >= 0.3 is 12.1 Å². The molecule has 0 aliphatic heterocycles. The first-order valence-corrected chi connectivity index (χ1v) is 10.9. The van der Waals surface area contributed by atoms with Crippen molar-refractivity contribution in [2.24, 2.45) is 11.8 Å². The normalized spacial score (nSPS) is 14.2. The van der Waals surface area contributed by atoms with Crippen molar-refractivity contribution in [2.45, 2.75) is 39.2 Å². The summed E-state index contributed by atoms with van der Waals surface area (Å²) in [6.45, 7) is 5.58. The Morgan fingerprint density at radius 3 is 2.06 bits per heavy atom. The van der Waals surface area contributed by atoms with Gasteiger partial charge in [0.1, 0.15) is 6.61 Å². The molecule has 2 atom stereocenters. The third-order valence-corrected chi connectivity index (χ3v) is 5.88. The molecule has 3 rings (SSSR count). The van der Waals surface area contributed by atoms with Gasteiger partial charge in [0.2, 0.25) is 5.91 Å². The summed E-state index contributed by atoms with van der Waals surface area (Å²) in [5.74, 6) is -1.99. The number of benzene rings is 2. The van der Waals surface area contributed by atoms with E-state index in [0.29, 0.717) is 0 Å². The van der Waals surface area contributed by atoms with Crippen molar-refractivity contribution in [3.05, 3.63) is 59.7 Å². The summed E-state index contributed by atoms with van der Waals surface area (Å²) in [7, 11) is 0. The minimum absolute atomic E-state index is 0.00173. The fourth-order valence-corrected chi connectivity index (χ4v) is 3.87. The zero-order valence-corrected chi connectivity index (χ0v) is 18.6. The number of amides is 2. The van der Waals surface area contributed by atoms with Crippen LogP contribution in [0, 0.1) is 11.8 Å². The summed E-state index contributed by atoms with van der Waals surface area (Å²) < 4.78 is 5.57. The number of ether oxygens (including phenoxy) is 1. The number of carbonyl (C=O) groups is 3. The SMILES string of the molecule is CC(CNC(=O)C[C@H](NC(=O)OCC1c2ccccc2-c2ccccc21)C(C)C)C(=O)O. The van der Waals surface area contributed by atoms with E-state index in [2.05, 4.69) is 34.9 Å². The highest BCUT2D eigenvalue weighted by atomic mass is 16.5. The number of carbonyl (C=O) groups excluding carboxylic acids is 2. The molecule has 170 valence electrons. The van der Waals surface area contributed by atoms with Crippen molar-refractivity contribution in [3.63, 3.8) is 0 Å². The lowest BCUT2D eigenvalue weighted by molar-refractivity contribution is -0.141. The van der Waals surface area contributed by atoms with Gasteiger partial charge in [-0.2, -0.15) is 0 Å². The van der Waals surface area contributed by atoms with Gasteiger partial charge in [-0.1, -0.05) is 69.3 Å². The molecule has 0 saturated heterocycles. The van der Waals surface area contributed by atoms with Crippen molar-refractivity contribution in [1.29, 1.82) is 0 Å². The van der Waals surface area contributed by atoms with E-state index < -0.39 is 24.0 Å². The summed E-state index contributed by atoms with van der Waals surface area (Å²) in [6, 6.07) is 15.8. The van der Waals surface area contributed by atoms with Crippen LogP contribution in [0.2, 0.25) is 0 Å². The number of hydrogen-bond acceptors (Lipinski definition) is 4. The van der Waals surface area contributed by atoms with E-state index in [1.807, 2.05) is 38.1 Å². The number of hydrogen-bond donors (Lipinski definition) is 3. The van der Waals surface area contributed by atoms with Gasteiger partial charge in [-0.05, 0) is 28.2 Å². The second-order valence-corrected chi connectivity index (χ2v) is 8.57. The van der Waals surface area contributed by atoms with Crippen LogP contribution in [-0.2, 0) is 14.3 Å². The molecule has 2 amide bonds. The molecule has 1 aliphatic carbocycles. The highest BCUT2D eigenvalue weighted by Crippen LogP contribution is 2.44. The second-order valence-electron chi connectivity index (χ2n) is 8.57. The first-order chi connectivity index (χ1) is 15.3. The van der Waals surface area contributed by atoms with Crippen LogP contribution in [0.1, 0.15) is 44.2 Å². The number of rotatable bonds is 9. The number of carboxylic acids is 1. The molecule has 0 saturated carbocycles. The number of nitrogens with one attached hydrogen (secondary N) is 2. The molecule has 2 aromatic rings. The molecule has 3 N–H and O–H groups in total. The van der Waals surface area contributed by atoms with Crippen LogP contribution >= 0.6 is 0 Å². The maximum Gasteiger partial charge on any atom is 0.407 e. The molecule has 0 aromatic heterocycles. The first kappa shape index (κ1) is 23.3. The molecule has 32 heavy (non-hydrogen) atoms. The molecule has 0 fully saturated rings. The van der Waals surface area contributed by atoms with Crippen LogP contribution in [0.5, 0.6) is 0 Å². The molecular formula is C25H30N2O5. The van der Waals surface area contributed by atoms with E-state index in [0.717, 1.165) is 22.3 Å². The van der Waals surface area contributed by atoms with E-state index in [1.165, 1.54) is 6.92 Å². The molecule has 7 nitrogen and oxygen atoms in total.